The summed E-state index contributed by atoms with van der Waals surface area (Å²) < 4.78 is 10.9. The number of ether oxygens (including phenoxy) is 2. The first-order valence-corrected chi connectivity index (χ1v) is 12.7. The Morgan fingerprint density at radius 1 is 0.917 bits per heavy atom. The highest BCUT2D eigenvalue weighted by molar-refractivity contribution is 5.95. The molecule has 2 aromatic carbocycles. The van der Waals surface area contributed by atoms with Crippen LogP contribution in [0.3, 0.4) is 0 Å². The van der Waals surface area contributed by atoms with Crippen molar-refractivity contribution in [2.45, 2.75) is 59.0 Å². The van der Waals surface area contributed by atoms with Gasteiger partial charge in [0.2, 0.25) is 0 Å². The zero-order valence-electron chi connectivity index (χ0n) is 21.5. The van der Waals surface area contributed by atoms with Gasteiger partial charge in [-0.1, -0.05) is 24.3 Å². The molecule has 36 heavy (non-hydrogen) atoms. The largest absolute Gasteiger partial charge is 0.494 e. The van der Waals surface area contributed by atoms with Gasteiger partial charge in [0.15, 0.2) is 0 Å². The second kappa shape index (κ2) is 14.0. The maximum absolute atomic E-state index is 13.3. The second-order valence-electron chi connectivity index (χ2n) is 8.95. The number of hydrogen-bond acceptors (Lipinski definition) is 5. The van der Waals surface area contributed by atoms with Crippen LogP contribution in [0.1, 0.15) is 62.4 Å². The average Bonchev–Trinajstić information content (AvgIpc) is 2.90. The van der Waals surface area contributed by atoms with Crippen LogP contribution in [-0.2, 0) is 16.1 Å². The Hall–Kier alpha value is -3.67. The summed E-state index contributed by atoms with van der Waals surface area (Å²) >= 11 is 0. The Morgan fingerprint density at radius 3 is 2.33 bits per heavy atom. The van der Waals surface area contributed by atoms with E-state index in [2.05, 4.69) is 4.98 Å². The topological polar surface area (TPSA) is 68.7 Å². The SMILES string of the molecule is CCOC(=O)CCCCCOc1cccc(CN(C(=O)c2ccc(-c3ccncc3)cc2)C(C)C)c1. The van der Waals surface area contributed by atoms with E-state index < -0.39 is 0 Å². The minimum absolute atomic E-state index is 0.000741. The number of carbonyl (C=O) groups excluding carboxylic acids is 2. The number of nitrogens with zero attached hydrogens (tertiary/aromatic N) is 2. The van der Waals surface area contributed by atoms with E-state index in [4.69, 9.17) is 9.47 Å². The summed E-state index contributed by atoms with van der Waals surface area (Å²) in [5.41, 5.74) is 3.80. The molecule has 1 heterocycles. The van der Waals surface area contributed by atoms with E-state index in [0.717, 1.165) is 41.7 Å². The van der Waals surface area contributed by atoms with Gasteiger partial charge in [-0.2, -0.15) is 0 Å². The molecule has 0 saturated heterocycles. The Labute approximate surface area is 214 Å². The molecular weight excluding hydrogens is 452 g/mol. The van der Waals surface area contributed by atoms with E-state index in [-0.39, 0.29) is 17.9 Å². The molecule has 3 rings (SSSR count). The van der Waals surface area contributed by atoms with E-state index in [1.165, 1.54) is 0 Å². The van der Waals surface area contributed by atoms with E-state index in [0.29, 0.717) is 31.7 Å². The molecule has 6 nitrogen and oxygen atoms in total. The lowest BCUT2D eigenvalue weighted by Crippen LogP contribution is -2.36. The third kappa shape index (κ3) is 8.22. The third-order valence-corrected chi connectivity index (χ3v) is 5.88. The van der Waals surface area contributed by atoms with Crippen LogP contribution in [0.5, 0.6) is 5.75 Å². The van der Waals surface area contributed by atoms with Crippen molar-refractivity contribution < 1.29 is 19.1 Å². The Kier molecular flexibility index (Phi) is 10.5. The van der Waals surface area contributed by atoms with Crippen molar-refractivity contribution >= 4 is 11.9 Å². The van der Waals surface area contributed by atoms with Gasteiger partial charge in [0, 0.05) is 37.0 Å². The van der Waals surface area contributed by atoms with Gasteiger partial charge in [-0.05, 0) is 93.1 Å². The summed E-state index contributed by atoms with van der Waals surface area (Å²) in [5.74, 6) is 0.648. The maximum Gasteiger partial charge on any atom is 0.305 e. The molecule has 6 heteroatoms. The summed E-state index contributed by atoms with van der Waals surface area (Å²) in [6, 6.07) is 19.6. The van der Waals surface area contributed by atoms with E-state index in [9.17, 15) is 9.59 Å². The second-order valence-corrected chi connectivity index (χ2v) is 8.95. The molecule has 0 saturated carbocycles. The number of rotatable bonds is 13. The van der Waals surface area contributed by atoms with Crippen LogP contribution < -0.4 is 4.74 Å². The van der Waals surface area contributed by atoms with Gasteiger partial charge in [-0.3, -0.25) is 14.6 Å². The molecule has 0 N–H and O–H groups in total. The molecule has 3 aromatic rings. The van der Waals surface area contributed by atoms with Crippen LogP contribution in [0, 0.1) is 0 Å². The lowest BCUT2D eigenvalue weighted by atomic mass is 10.0. The van der Waals surface area contributed by atoms with Crippen LogP contribution >= 0.6 is 0 Å². The minimum atomic E-state index is -0.139. The van der Waals surface area contributed by atoms with Crippen molar-refractivity contribution in [3.63, 3.8) is 0 Å². The zero-order chi connectivity index (χ0) is 25.8. The summed E-state index contributed by atoms with van der Waals surface area (Å²) in [6.45, 7) is 7.39. The number of esters is 1. The lowest BCUT2D eigenvalue weighted by Gasteiger charge is -2.27. The highest BCUT2D eigenvalue weighted by Gasteiger charge is 2.19. The molecule has 0 aliphatic heterocycles. The number of unbranched alkanes of at least 4 members (excludes halogenated alkanes) is 2. The molecule has 0 fully saturated rings. The number of pyridine rings is 1. The summed E-state index contributed by atoms with van der Waals surface area (Å²) in [7, 11) is 0. The first-order valence-electron chi connectivity index (χ1n) is 12.7. The van der Waals surface area contributed by atoms with Crippen LogP contribution in [0.15, 0.2) is 73.1 Å². The van der Waals surface area contributed by atoms with Crippen molar-refractivity contribution in [1.29, 1.82) is 0 Å². The first-order chi connectivity index (χ1) is 17.5. The number of benzene rings is 2. The minimum Gasteiger partial charge on any atom is -0.494 e. The standard InChI is InChI=1S/C30H36N2O4/c1-4-35-29(33)11-6-5-7-20-36-28-10-8-9-24(21-28)22-32(23(2)3)30(34)27-14-12-25(13-15-27)26-16-18-31-19-17-26/h8-10,12-19,21,23H,4-7,11,20,22H2,1-3H3. The molecule has 0 radical (unpaired) electrons. The fraction of sp³-hybridized carbons (Fsp3) is 0.367. The van der Waals surface area contributed by atoms with Gasteiger partial charge < -0.3 is 14.4 Å². The third-order valence-electron chi connectivity index (χ3n) is 5.88. The van der Waals surface area contributed by atoms with Gasteiger partial charge in [-0.25, -0.2) is 0 Å². The van der Waals surface area contributed by atoms with Crippen molar-refractivity contribution in [1.82, 2.24) is 9.88 Å². The predicted molar refractivity (Wildman–Crippen MR) is 142 cm³/mol. The maximum atomic E-state index is 13.3. The average molecular weight is 489 g/mol. The Morgan fingerprint density at radius 2 is 1.64 bits per heavy atom. The van der Waals surface area contributed by atoms with Gasteiger partial charge in [0.05, 0.1) is 13.2 Å². The summed E-state index contributed by atoms with van der Waals surface area (Å²) in [4.78, 5) is 30.7. The Balaban J connectivity index is 1.55. The number of carbonyl (C=O) groups is 2. The fourth-order valence-electron chi connectivity index (χ4n) is 3.91. The molecule has 0 unspecified atom stereocenters. The smallest absolute Gasteiger partial charge is 0.305 e. The van der Waals surface area contributed by atoms with Crippen molar-refractivity contribution in [3.05, 3.63) is 84.2 Å². The van der Waals surface area contributed by atoms with Crippen molar-refractivity contribution in [2.75, 3.05) is 13.2 Å². The molecule has 0 atom stereocenters. The summed E-state index contributed by atoms with van der Waals surface area (Å²) in [5, 5.41) is 0. The number of aromatic nitrogens is 1. The first kappa shape index (κ1) is 26.9. The molecule has 1 aromatic heterocycles. The van der Waals surface area contributed by atoms with Gasteiger partial charge >= 0.3 is 5.97 Å². The van der Waals surface area contributed by atoms with Crippen molar-refractivity contribution in [3.8, 4) is 16.9 Å². The number of amides is 1. The van der Waals surface area contributed by atoms with Gasteiger partial charge in [-0.15, -0.1) is 0 Å². The lowest BCUT2D eigenvalue weighted by molar-refractivity contribution is -0.143. The zero-order valence-corrected chi connectivity index (χ0v) is 21.5. The molecule has 0 aliphatic rings. The highest BCUT2D eigenvalue weighted by Crippen LogP contribution is 2.22. The van der Waals surface area contributed by atoms with E-state index in [1.54, 1.807) is 12.4 Å². The predicted octanol–water partition coefficient (Wildman–Crippen LogP) is 6.30. The molecule has 190 valence electrons. The molecule has 1 amide bonds. The number of hydrogen-bond donors (Lipinski definition) is 0. The Bertz CT molecular complexity index is 1100. The monoisotopic (exact) mass is 488 g/mol. The van der Waals surface area contributed by atoms with Crippen LogP contribution in [0.2, 0.25) is 0 Å². The van der Waals surface area contributed by atoms with E-state index >= 15 is 0 Å². The van der Waals surface area contributed by atoms with E-state index in [1.807, 2.05) is 86.3 Å². The summed E-state index contributed by atoms with van der Waals surface area (Å²) in [6.07, 6.45) is 6.56. The molecule has 0 aliphatic carbocycles. The normalized spacial score (nSPS) is 10.8. The fourth-order valence-corrected chi connectivity index (χ4v) is 3.91. The van der Waals surface area contributed by atoms with Gasteiger partial charge in [0.25, 0.3) is 5.91 Å². The van der Waals surface area contributed by atoms with Crippen LogP contribution in [0.4, 0.5) is 0 Å². The van der Waals surface area contributed by atoms with Crippen molar-refractivity contribution in [2.24, 2.45) is 0 Å². The molecule has 0 spiro atoms. The van der Waals surface area contributed by atoms with Gasteiger partial charge in [0.1, 0.15) is 5.75 Å². The molecular formula is C30H36N2O4. The van der Waals surface area contributed by atoms with Crippen LogP contribution in [-0.4, -0.2) is 41.0 Å². The quantitative estimate of drug-likeness (QED) is 0.209. The highest BCUT2D eigenvalue weighted by atomic mass is 16.5. The molecule has 0 bridgehead atoms. The van der Waals surface area contributed by atoms with Crippen LogP contribution in [0.25, 0.3) is 11.1 Å².